The van der Waals surface area contributed by atoms with Crippen molar-refractivity contribution in [2.75, 3.05) is 33.8 Å². The fraction of sp³-hybridized carbons (Fsp3) is 0.286. The van der Waals surface area contributed by atoms with Crippen LogP contribution in [0.25, 0.3) is 16.5 Å². The SMILES string of the molecule is CCOc1ccc(-n2nc(C(=O)NCCN(C)C)c3ccccc3c2=O)cc1. The summed E-state index contributed by atoms with van der Waals surface area (Å²) in [5.41, 5.74) is 0.522. The van der Waals surface area contributed by atoms with Gasteiger partial charge in [0.15, 0.2) is 5.69 Å². The van der Waals surface area contributed by atoms with Crippen LogP contribution < -0.4 is 15.6 Å². The number of carbonyl (C=O) groups excluding carboxylic acids is 1. The number of amides is 1. The molecule has 28 heavy (non-hydrogen) atoms. The van der Waals surface area contributed by atoms with Crippen LogP contribution in [0.5, 0.6) is 5.75 Å². The first kappa shape index (κ1) is 19.6. The van der Waals surface area contributed by atoms with Crippen LogP contribution in [-0.2, 0) is 0 Å². The molecule has 3 aromatic rings. The Morgan fingerprint density at radius 3 is 2.43 bits per heavy atom. The zero-order valence-corrected chi connectivity index (χ0v) is 16.3. The van der Waals surface area contributed by atoms with Crippen LogP contribution >= 0.6 is 0 Å². The number of ether oxygens (including phenoxy) is 1. The molecule has 0 aliphatic carbocycles. The maximum atomic E-state index is 12.9. The topological polar surface area (TPSA) is 76.5 Å². The Morgan fingerprint density at radius 1 is 1.11 bits per heavy atom. The Hall–Kier alpha value is -3.19. The number of carbonyl (C=O) groups is 1. The van der Waals surface area contributed by atoms with Gasteiger partial charge in [0, 0.05) is 18.5 Å². The van der Waals surface area contributed by atoms with Crippen LogP contribution in [0.1, 0.15) is 17.4 Å². The van der Waals surface area contributed by atoms with E-state index in [1.165, 1.54) is 4.68 Å². The molecule has 0 atom stereocenters. The van der Waals surface area contributed by atoms with Crippen LogP contribution in [0.2, 0.25) is 0 Å². The van der Waals surface area contributed by atoms with Gasteiger partial charge in [0.25, 0.3) is 11.5 Å². The summed E-state index contributed by atoms with van der Waals surface area (Å²) < 4.78 is 6.71. The summed E-state index contributed by atoms with van der Waals surface area (Å²) in [5, 5.41) is 8.24. The van der Waals surface area contributed by atoms with E-state index in [9.17, 15) is 9.59 Å². The number of rotatable bonds is 7. The Bertz CT molecular complexity index is 1030. The summed E-state index contributed by atoms with van der Waals surface area (Å²) in [5.74, 6) is 0.402. The van der Waals surface area contributed by atoms with E-state index in [2.05, 4.69) is 10.4 Å². The lowest BCUT2D eigenvalue weighted by Gasteiger charge is -2.13. The fourth-order valence-electron chi connectivity index (χ4n) is 2.86. The quantitative estimate of drug-likeness (QED) is 0.679. The minimum atomic E-state index is -0.308. The summed E-state index contributed by atoms with van der Waals surface area (Å²) in [4.78, 5) is 27.7. The van der Waals surface area contributed by atoms with E-state index < -0.39 is 0 Å². The normalized spacial score (nSPS) is 11.0. The molecule has 0 bridgehead atoms. The van der Waals surface area contributed by atoms with Crippen molar-refractivity contribution >= 4 is 16.7 Å². The predicted molar refractivity (Wildman–Crippen MR) is 109 cm³/mol. The molecule has 1 heterocycles. The number of nitrogens with one attached hydrogen (secondary N) is 1. The number of likely N-dealkylation sites (N-methyl/N-ethyl adjacent to an activating group) is 1. The lowest BCUT2D eigenvalue weighted by molar-refractivity contribution is 0.0946. The summed E-state index contributed by atoms with van der Waals surface area (Å²) in [6.45, 7) is 3.67. The van der Waals surface area contributed by atoms with E-state index >= 15 is 0 Å². The summed E-state index contributed by atoms with van der Waals surface area (Å²) in [7, 11) is 3.87. The highest BCUT2D eigenvalue weighted by Crippen LogP contribution is 2.17. The van der Waals surface area contributed by atoms with Gasteiger partial charge in [-0.3, -0.25) is 9.59 Å². The molecule has 1 amide bonds. The van der Waals surface area contributed by atoms with Gasteiger partial charge >= 0.3 is 0 Å². The van der Waals surface area contributed by atoms with Crippen molar-refractivity contribution in [3.63, 3.8) is 0 Å². The maximum absolute atomic E-state index is 12.9. The highest BCUT2D eigenvalue weighted by Gasteiger charge is 2.17. The van der Waals surface area contributed by atoms with E-state index in [1.54, 1.807) is 48.5 Å². The highest BCUT2D eigenvalue weighted by atomic mass is 16.5. The number of hydrogen-bond acceptors (Lipinski definition) is 5. The first-order valence-corrected chi connectivity index (χ1v) is 9.19. The summed E-state index contributed by atoms with van der Waals surface area (Å²) in [6, 6.07) is 14.1. The van der Waals surface area contributed by atoms with Crippen LogP contribution in [0, 0.1) is 0 Å². The van der Waals surface area contributed by atoms with E-state index in [1.807, 2.05) is 25.9 Å². The molecule has 1 aromatic heterocycles. The van der Waals surface area contributed by atoms with Gasteiger partial charge in [0.1, 0.15) is 5.75 Å². The fourth-order valence-corrected chi connectivity index (χ4v) is 2.86. The van der Waals surface area contributed by atoms with Gasteiger partial charge in [-0.25, -0.2) is 0 Å². The van der Waals surface area contributed by atoms with Crippen molar-refractivity contribution in [3.8, 4) is 11.4 Å². The molecule has 1 N–H and O–H groups in total. The molecule has 7 nitrogen and oxygen atoms in total. The molecule has 0 spiro atoms. The van der Waals surface area contributed by atoms with E-state index in [0.29, 0.717) is 41.9 Å². The van der Waals surface area contributed by atoms with Crippen molar-refractivity contribution in [1.82, 2.24) is 20.0 Å². The number of hydrogen-bond donors (Lipinski definition) is 1. The van der Waals surface area contributed by atoms with Crippen molar-refractivity contribution < 1.29 is 9.53 Å². The van der Waals surface area contributed by atoms with Gasteiger partial charge in [0.05, 0.1) is 17.7 Å². The van der Waals surface area contributed by atoms with E-state index in [0.717, 1.165) is 0 Å². The molecular formula is C21H24N4O3. The number of fused-ring (bicyclic) bond motifs is 1. The molecule has 0 unspecified atom stereocenters. The second-order valence-corrected chi connectivity index (χ2v) is 6.60. The minimum absolute atomic E-state index is 0.225. The van der Waals surface area contributed by atoms with Gasteiger partial charge in [-0.05, 0) is 51.4 Å². The second-order valence-electron chi connectivity index (χ2n) is 6.60. The van der Waals surface area contributed by atoms with E-state index in [-0.39, 0.29) is 17.2 Å². The molecule has 0 saturated heterocycles. The molecule has 0 radical (unpaired) electrons. The average Bonchev–Trinajstić information content (AvgIpc) is 2.69. The molecule has 3 rings (SSSR count). The largest absolute Gasteiger partial charge is 0.494 e. The summed E-state index contributed by atoms with van der Waals surface area (Å²) in [6.07, 6.45) is 0. The third-order valence-corrected chi connectivity index (χ3v) is 4.26. The van der Waals surface area contributed by atoms with Crippen molar-refractivity contribution in [3.05, 3.63) is 64.6 Å². The third kappa shape index (κ3) is 4.20. The Labute approximate surface area is 163 Å². The second kappa shape index (κ2) is 8.67. The third-order valence-electron chi connectivity index (χ3n) is 4.26. The molecule has 0 aliphatic rings. The van der Waals surface area contributed by atoms with Crippen LogP contribution in [0.15, 0.2) is 53.3 Å². The molecular weight excluding hydrogens is 356 g/mol. The van der Waals surface area contributed by atoms with Gasteiger partial charge in [-0.1, -0.05) is 18.2 Å². The first-order chi connectivity index (χ1) is 13.5. The highest BCUT2D eigenvalue weighted by molar-refractivity contribution is 6.04. The monoisotopic (exact) mass is 380 g/mol. The molecule has 0 saturated carbocycles. The zero-order valence-electron chi connectivity index (χ0n) is 16.3. The van der Waals surface area contributed by atoms with Crippen molar-refractivity contribution in [2.24, 2.45) is 0 Å². The van der Waals surface area contributed by atoms with Crippen LogP contribution in [-0.4, -0.2) is 54.4 Å². The first-order valence-electron chi connectivity index (χ1n) is 9.19. The zero-order chi connectivity index (χ0) is 20.1. The number of benzene rings is 2. The Kier molecular flexibility index (Phi) is 6.06. The number of nitrogens with zero attached hydrogens (tertiary/aromatic N) is 3. The van der Waals surface area contributed by atoms with Crippen LogP contribution in [0.4, 0.5) is 0 Å². The van der Waals surface area contributed by atoms with Crippen LogP contribution in [0.3, 0.4) is 0 Å². The van der Waals surface area contributed by atoms with Crippen molar-refractivity contribution in [1.29, 1.82) is 0 Å². The van der Waals surface area contributed by atoms with Gasteiger partial charge in [0.2, 0.25) is 0 Å². The standard InChI is InChI=1S/C21H24N4O3/c1-4-28-16-11-9-15(10-12-16)25-21(27)18-8-6-5-7-17(18)19(23-25)20(26)22-13-14-24(2)3/h5-12H,4,13-14H2,1-3H3,(H,22,26). The smallest absolute Gasteiger partial charge is 0.279 e. The van der Waals surface area contributed by atoms with Gasteiger partial charge in [-0.15, -0.1) is 0 Å². The molecule has 2 aromatic carbocycles. The van der Waals surface area contributed by atoms with Gasteiger partial charge < -0.3 is 15.0 Å². The molecule has 146 valence electrons. The average molecular weight is 380 g/mol. The summed E-state index contributed by atoms with van der Waals surface area (Å²) >= 11 is 0. The Balaban J connectivity index is 2.05. The molecule has 0 fully saturated rings. The maximum Gasteiger partial charge on any atom is 0.279 e. The lowest BCUT2D eigenvalue weighted by Crippen LogP contribution is -2.34. The predicted octanol–water partition coefficient (Wildman–Crippen LogP) is 2.08. The van der Waals surface area contributed by atoms with E-state index in [4.69, 9.17) is 4.74 Å². The Morgan fingerprint density at radius 2 is 1.79 bits per heavy atom. The van der Waals surface area contributed by atoms with Gasteiger partial charge in [-0.2, -0.15) is 9.78 Å². The van der Waals surface area contributed by atoms with Crippen molar-refractivity contribution in [2.45, 2.75) is 6.92 Å². The molecule has 0 aliphatic heterocycles. The molecule has 7 heteroatoms. The number of aromatic nitrogens is 2. The lowest BCUT2D eigenvalue weighted by atomic mass is 10.1. The minimum Gasteiger partial charge on any atom is -0.494 e.